The van der Waals surface area contributed by atoms with E-state index < -0.39 is 10.0 Å². The first-order valence-electron chi connectivity index (χ1n) is 9.61. The lowest BCUT2D eigenvalue weighted by Crippen LogP contribution is -2.14. The van der Waals surface area contributed by atoms with Crippen LogP contribution in [-0.4, -0.2) is 43.8 Å². The number of benzene rings is 2. The Hall–Kier alpha value is -3.63. The molecule has 0 radical (unpaired) electrons. The van der Waals surface area contributed by atoms with E-state index >= 15 is 0 Å². The molecule has 2 aromatic carbocycles. The van der Waals surface area contributed by atoms with Gasteiger partial charge in [0.1, 0.15) is 12.4 Å². The number of aliphatic hydroxyl groups excluding tert-OH is 1. The van der Waals surface area contributed by atoms with Crippen molar-refractivity contribution in [1.29, 1.82) is 0 Å². The average Bonchev–Trinajstić information content (AvgIpc) is 2.79. The molecule has 0 unspecified atom stereocenters. The van der Waals surface area contributed by atoms with Gasteiger partial charge in [0.05, 0.1) is 19.1 Å². The van der Waals surface area contributed by atoms with Crippen molar-refractivity contribution in [2.45, 2.75) is 6.92 Å². The van der Waals surface area contributed by atoms with Gasteiger partial charge in [0.2, 0.25) is 5.75 Å². The number of aliphatic hydroxyl groups is 1. The number of hydrogen-bond acceptors (Lipinski definition) is 8. The third kappa shape index (κ3) is 6.19. The smallest absolute Gasteiger partial charge is 0.263 e. The minimum atomic E-state index is -3.95. The number of hydrogen-bond donors (Lipinski definition) is 2. The van der Waals surface area contributed by atoms with Gasteiger partial charge in [-0.05, 0) is 30.7 Å². The molecule has 10 heteroatoms. The van der Waals surface area contributed by atoms with Crippen molar-refractivity contribution in [2.75, 3.05) is 25.0 Å². The molecule has 1 heterocycles. The minimum Gasteiger partial charge on any atom is -0.493 e. The average molecular weight is 458 g/mol. The van der Waals surface area contributed by atoms with Crippen LogP contribution in [0.4, 0.5) is 5.82 Å². The standard InChI is InChI=1S/C22H23N3O6S/c1-16-23-21(25-32(27,28)15-12-17-8-4-3-5-9-17)20(22(24-16)30-14-13-26)31-19-11-7-6-10-18(19)29-2/h3-12,15,26H,13-14H2,1-2H3,(H,23,24,25)/b15-12+. The molecule has 168 valence electrons. The van der Waals surface area contributed by atoms with Gasteiger partial charge >= 0.3 is 0 Å². The summed E-state index contributed by atoms with van der Waals surface area (Å²) in [5, 5.41) is 10.2. The monoisotopic (exact) mass is 457 g/mol. The molecule has 3 rings (SSSR count). The summed E-state index contributed by atoms with van der Waals surface area (Å²) >= 11 is 0. The molecule has 9 nitrogen and oxygen atoms in total. The Morgan fingerprint density at radius 2 is 1.72 bits per heavy atom. The molecule has 0 amide bonds. The number of nitrogens with one attached hydrogen (secondary N) is 1. The van der Waals surface area contributed by atoms with Gasteiger partial charge in [0, 0.05) is 0 Å². The SMILES string of the molecule is COc1ccccc1Oc1c(NS(=O)(=O)/C=C/c2ccccc2)nc(C)nc1OCCO. The van der Waals surface area contributed by atoms with Gasteiger partial charge < -0.3 is 19.3 Å². The second kappa shape index (κ2) is 10.6. The predicted molar refractivity (Wildman–Crippen MR) is 120 cm³/mol. The van der Waals surface area contributed by atoms with E-state index in [1.165, 1.54) is 13.2 Å². The Bertz CT molecular complexity index is 1180. The Morgan fingerprint density at radius 3 is 2.41 bits per heavy atom. The highest BCUT2D eigenvalue weighted by Crippen LogP contribution is 2.40. The highest BCUT2D eigenvalue weighted by Gasteiger charge is 2.22. The van der Waals surface area contributed by atoms with Crippen LogP contribution in [0.1, 0.15) is 11.4 Å². The number of sulfonamides is 1. The van der Waals surface area contributed by atoms with E-state index in [2.05, 4.69) is 14.7 Å². The normalized spacial score (nSPS) is 11.3. The molecule has 3 aromatic rings. The maximum Gasteiger partial charge on any atom is 0.263 e. The van der Waals surface area contributed by atoms with E-state index in [4.69, 9.17) is 19.3 Å². The van der Waals surface area contributed by atoms with Gasteiger partial charge in [-0.3, -0.25) is 4.72 Å². The van der Waals surface area contributed by atoms with Crippen molar-refractivity contribution in [2.24, 2.45) is 0 Å². The number of aryl methyl sites for hydroxylation is 1. The van der Waals surface area contributed by atoms with Gasteiger partial charge in [0.25, 0.3) is 15.9 Å². The fraction of sp³-hybridized carbons (Fsp3) is 0.182. The van der Waals surface area contributed by atoms with E-state index in [-0.39, 0.29) is 36.5 Å². The molecule has 0 saturated heterocycles. The fourth-order valence-corrected chi connectivity index (χ4v) is 3.46. The first-order chi connectivity index (χ1) is 15.4. The number of rotatable bonds is 10. The lowest BCUT2D eigenvalue weighted by molar-refractivity contribution is 0.192. The van der Waals surface area contributed by atoms with Crippen LogP contribution < -0.4 is 18.9 Å². The lowest BCUT2D eigenvalue weighted by Gasteiger charge is -2.17. The Balaban J connectivity index is 2.00. The number of methoxy groups -OCH3 is 1. The summed E-state index contributed by atoms with van der Waals surface area (Å²) in [5.41, 5.74) is 0.717. The quantitative estimate of drug-likeness (QED) is 0.476. The summed E-state index contributed by atoms with van der Waals surface area (Å²) in [7, 11) is -2.47. The zero-order valence-corrected chi connectivity index (χ0v) is 18.4. The Morgan fingerprint density at radius 1 is 1.03 bits per heavy atom. The van der Waals surface area contributed by atoms with Crippen LogP contribution in [0.2, 0.25) is 0 Å². The summed E-state index contributed by atoms with van der Waals surface area (Å²) < 4.78 is 44.5. The number of aromatic nitrogens is 2. The van der Waals surface area contributed by atoms with E-state index in [0.717, 1.165) is 5.41 Å². The van der Waals surface area contributed by atoms with Gasteiger partial charge in [0.15, 0.2) is 17.3 Å². The van der Waals surface area contributed by atoms with Crippen LogP contribution in [0.5, 0.6) is 23.1 Å². The zero-order valence-electron chi connectivity index (χ0n) is 17.6. The summed E-state index contributed by atoms with van der Waals surface area (Å²) in [4.78, 5) is 8.37. The molecule has 1 aromatic heterocycles. The van der Waals surface area contributed by atoms with Crippen LogP contribution in [0.25, 0.3) is 6.08 Å². The molecule has 0 fully saturated rings. The molecular formula is C22H23N3O6S. The van der Waals surface area contributed by atoms with Gasteiger partial charge in [-0.2, -0.15) is 4.98 Å². The largest absolute Gasteiger partial charge is 0.493 e. The molecule has 0 aliphatic rings. The Kier molecular flexibility index (Phi) is 7.63. The second-order valence-electron chi connectivity index (χ2n) is 6.44. The fourth-order valence-electron chi connectivity index (χ4n) is 2.65. The summed E-state index contributed by atoms with van der Waals surface area (Å²) in [6.45, 7) is 1.24. The van der Waals surface area contributed by atoms with Crippen molar-refractivity contribution in [3.05, 3.63) is 71.4 Å². The second-order valence-corrected chi connectivity index (χ2v) is 8.01. The van der Waals surface area contributed by atoms with Crippen LogP contribution in [0.15, 0.2) is 60.0 Å². The minimum absolute atomic E-state index is 0.0257. The lowest BCUT2D eigenvalue weighted by atomic mass is 10.2. The molecule has 0 aliphatic carbocycles. The first-order valence-corrected chi connectivity index (χ1v) is 11.2. The molecule has 0 spiro atoms. The topological polar surface area (TPSA) is 120 Å². The van der Waals surface area contributed by atoms with Crippen LogP contribution in [0, 0.1) is 6.92 Å². The van der Waals surface area contributed by atoms with Crippen molar-refractivity contribution >= 4 is 21.9 Å². The summed E-state index contributed by atoms with van der Waals surface area (Å²) in [5.74, 6) is 0.757. The molecule has 0 aliphatic heterocycles. The molecule has 0 bridgehead atoms. The van der Waals surface area contributed by atoms with Gasteiger partial charge in [-0.15, -0.1) is 0 Å². The third-order valence-electron chi connectivity index (χ3n) is 4.04. The van der Waals surface area contributed by atoms with Crippen molar-refractivity contribution < 1.29 is 27.7 Å². The first kappa shape index (κ1) is 23.0. The highest BCUT2D eigenvalue weighted by atomic mass is 32.2. The maximum atomic E-state index is 12.7. The van der Waals surface area contributed by atoms with E-state index in [9.17, 15) is 8.42 Å². The van der Waals surface area contributed by atoms with Crippen LogP contribution in [0.3, 0.4) is 0 Å². The molecular weight excluding hydrogens is 434 g/mol. The number of nitrogens with zero attached hydrogens (tertiary/aromatic N) is 2. The highest BCUT2D eigenvalue weighted by molar-refractivity contribution is 7.95. The van der Waals surface area contributed by atoms with Crippen molar-refractivity contribution in [1.82, 2.24) is 9.97 Å². The summed E-state index contributed by atoms with van der Waals surface area (Å²) in [6.07, 6.45) is 1.46. The van der Waals surface area contributed by atoms with Gasteiger partial charge in [-0.25, -0.2) is 13.4 Å². The predicted octanol–water partition coefficient (Wildman–Crippen LogP) is 3.37. The van der Waals surface area contributed by atoms with Crippen molar-refractivity contribution in [3.8, 4) is 23.1 Å². The Labute approximate surface area is 186 Å². The van der Waals surface area contributed by atoms with E-state index in [0.29, 0.717) is 17.1 Å². The molecule has 32 heavy (non-hydrogen) atoms. The zero-order chi connectivity index (χ0) is 23.0. The van der Waals surface area contributed by atoms with Crippen molar-refractivity contribution in [3.63, 3.8) is 0 Å². The van der Waals surface area contributed by atoms with Crippen LogP contribution in [-0.2, 0) is 10.0 Å². The van der Waals surface area contributed by atoms with Gasteiger partial charge in [-0.1, -0.05) is 42.5 Å². The molecule has 0 saturated carbocycles. The molecule has 0 atom stereocenters. The summed E-state index contributed by atoms with van der Waals surface area (Å²) in [6, 6.07) is 15.8. The third-order valence-corrected chi connectivity index (χ3v) is 5.01. The maximum absolute atomic E-state index is 12.7. The number of ether oxygens (including phenoxy) is 3. The van der Waals surface area contributed by atoms with Crippen LogP contribution >= 0.6 is 0 Å². The number of para-hydroxylation sites is 2. The molecule has 2 N–H and O–H groups in total. The number of anilines is 1. The van der Waals surface area contributed by atoms with E-state index in [1.54, 1.807) is 55.5 Å². The van der Waals surface area contributed by atoms with E-state index in [1.807, 2.05) is 6.07 Å².